The molecule has 0 atom stereocenters. The maximum atomic E-state index is 13.4. The summed E-state index contributed by atoms with van der Waals surface area (Å²) in [6.45, 7) is 0.199. The zero-order chi connectivity index (χ0) is 14.5. The molecule has 6 nitrogen and oxygen atoms in total. The number of sulfone groups is 1. The molecule has 0 unspecified atom stereocenters. The van der Waals surface area contributed by atoms with Crippen LogP contribution in [0.1, 0.15) is 0 Å². The van der Waals surface area contributed by atoms with E-state index in [1.54, 1.807) is 0 Å². The fourth-order valence-electron chi connectivity index (χ4n) is 1.27. The van der Waals surface area contributed by atoms with E-state index in [4.69, 9.17) is 10.5 Å². The van der Waals surface area contributed by atoms with Gasteiger partial charge in [-0.3, -0.25) is 4.79 Å². The summed E-state index contributed by atoms with van der Waals surface area (Å²) in [5, 5.41) is 2.24. The number of rotatable bonds is 6. The van der Waals surface area contributed by atoms with Gasteiger partial charge in [-0.25, -0.2) is 12.8 Å². The van der Waals surface area contributed by atoms with Crippen LogP contribution in [0.15, 0.2) is 23.1 Å². The molecule has 0 saturated heterocycles. The average molecular weight is 290 g/mol. The first kappa shape index (κ1) is 15.5. The molecule has 8 heteroatoms. The Morgan fingerprint density at radius 1 is 1.47 bits per heavy atom. The van der Waals surface area contributed by atoms with Crippen LogP contribution in [0, 0.1) is 5.82 Å². The number of nitrogens with one attached hydrogen (secondary N) is 1. The van der Waals surface area contributed by atoms with Crippen LogP contribution >= 0.6 is 0 Å². The number of hydrogen-bond acceptors (Lipinski definition) is 5. The zero-order valence-electron chi connectivity index (χ0n) is 10.3. The van der Waals surface area contributed by atoms with Crippen molar-refractivity contribution in [3.05, 3.63) is 24.0 Å². The lowest BCUT2D eigenvalue weighted by Gasteiger charge is -2.08. The number of benzene rings is 1. The molecule has 0 bridgehead atoms. The second-order valence-electron chi connectivity index (χ2n) is 3.80. The molecule has 1 amide bonds. The van der Waals surface area contributed by atoms with Crippen LogP contribution in [-0.4, -0.2) is 40.3 Å². The van der Waals surface area contributed by atoms with E-state index in [9.17, 15) is 17.6 Å². The van der Waals surface area contributed by atoms with Gasteiger partial charge in [0.2, 0.25) is 5.91 Å². The Morgan fingerprint density at radius 2 is 2.16 bits per heavy atom. The first-order chi connectivity index (χ1) is 8.84. The largest absolute Gasteiger partial charge is 0.370 e. The fourth-order valence-corrected chi connectivity index (χ4v) is 1.91. The number of carbonyl (C=O) groups excluding carboxylic acids is 1. The normalized spacial score (nSPS) is 11.3. The number of amides is 1. The van der Waals surface area contributed by atoms with E-state index in [1.165, 1.54) is 0 Å². The molecule has 0 aliphatic rings. The minimum absolute atomic E-state index is 0.0768. The summed E-state index contributed by atoms with van der Waals surface area (Å²) in [7, 11) is -3.46. The Kier molecular flexibility index (Phi) is 5.40. The minimum Gasteiger partial charge on any atom is -0.370 e. The van der Waals surface area contributed by atoms with Crippen LogP contribution in [0.3, 0.4) is 0 Å². The van der Waals surface area contributed by atoms with E-state index in [1.807, 2.05) is 0 Å². The molecular formula is C11H15FN2O4S. The van der Waals surface area contributed by atoms with Crippen LogP contribution in [0.5, 0.6) is 0 Å². The van der Waals surface area contributed by atoms with Crippen molar-refractivity contribution in [3.8, 4) is 0 Å². The molecule has 0 fully saturated rings. The lowest BCUT2D eigenvalue weighted by atomic mass is 10.3. The zero-order valence-corrected chi connectivity index (χ0v) is 11.2. The molecule has 1 aromatic carbocycles. The lowest BCUT2D eigenvalue weighted by molar-refractivity contribution is -0.120. The van der Waals surface area contributed by atoms with Gasteiger partial charge < -0.3 is 15.8 Å². The van der Waals surface area contributed by atoms with Crippen LogP contribution in [0.25, 0.3) is 0 Å². The highest BCUT2D eigenvalue weighted by molar-refractivity contribution is 7.90. The second kappa shape index (κ2) is 6.60. The monoisotopic (exact) mass is 290 g/mol. The third-order valence-electron chi connectivity index (χ3n) is 2.14. The number of halogens is 1. The van der Waals surface area contributed by atoms with Gasteiger partial charge in [0.15, 0.2) is 9.84 Å². The van der Waals surface area contributed by atoms with Gasteiger partial charge in [0.05, 0.1) is 17.2 Å². The maximum Gasteiger partial charge on any atom is 0.250 e. The van der Waals surface area contributed by atoms with Crippen LogP contribution < -0.4 is 11.1 Å². The molecule has 1 rings (SSSR count). The van der Waals surface area contributed by atoms with Crippen LogP contribution in [0.4, 0.5) is 10.1 Å². The molecule has 3 N–H and O–H groups in total. The van der Waals surface area contributed by atoms with Crippen molar-refractivity contribution in [2.24, 2.45) is 5.73 Å². The highest BCUT2D eigenvalue weighted by Crippen LogP contribution is 2.19. The predicted octanol–water partition coefficient (Wildman–Crippen LogP) is 0.143. The van der Waals surface area contributed by atoms with Crippen molar-refractivity contribution in [2.45, 2.75) is 4.90 Å². The first-order valence-corrected chi connectivity index (χ1v) is 7.31. The quantitative estimate of drug-likeness (QED) is 0.573. The van der Waals surface area contributed by atoms with E-state index < -0.39 is 21.6 Å². The topological polar surface area (TPSA) is 98.5 Å². The Bertz CT molecular complexity index is 560. The van der Waals surface area contributed by atoms with E-state index in [2.05, 4.69) is 5.32 Å². The molecular weight excluding hydrogens is 275 g/mol. The Morgan fingerprint density at radius 3 is 2.74 bits per heavy atom. The van der Waals surface area contributed by atoms with Crippen molar-refractivity contribution >= 4 is 21.4 Å². The molecule has 0 heterocycles. The van der Waals surface area contributed by atoms with Gasteiger partial charge in [0.25, 0.3) is 0 Å². The number of nitrogens with two attached hydrogens (primary N) is 1. The summed E-state index contributed by atoms with van der Waals surface area (Å²) in [6, 6.07) is 3.17. The Balaban J connectivity index is 2.80. The van der Waals surface area contributed by atoms with Crippen molar-refractivity contribution in [2.75, 3.05) is 31.3 Å². The first-order valence-electron chi connectivity index (χ1n) is 5.42. The van der Waals surface area contributed by atoms with Gasteiger partial charge >= 0.3 is 0 Å². The molecule has 0 spiro atoms. The summed E-state index contributed by atoms with van der Waals surface area (Å²) in [5.41, 5.74) is 4.97. The van der Waals surface area contributed by atoms with Crippen molar-refractivity contribution in [1.82, 2.24) is 0 Å². The maximum absolute atomic E-state index is 13.4. The molecule has 0 radical (unpaired) electrons. The Hall–Kier alpha value is -1.51. The molecule has 1 aromatic rings. The summed E-state index contributed by atoms with van der Waals surface area (Å²) >= 11 is 0. The lowest BCUT2D eigenvalue weighted by Crippen LogP contribution is -2.21. The minimum atomic E-state index is -3.46. The van der Waals surface area contributed by atoms with Gasteiger partial charge in [0.1, 0.15) is 12.4 Å². The number of carbonyl (C=O) groups is 1. The summed E-state index contributed by atoms with van der Waals surface area (Å²) in [4.78, 5) is 11.3. The van der Waals surface area contributed by atoms with E-state index in [-0.39, 0.29) is 30.3 Å². The van der Waals surface area contributed by atoms with Gasteiger partial charge in [-0.05, 0) is 18.2 Å². The third-order valence-corrected chi connectivity index (χ3v) is 3.25. The van der Waals surface area contributed by atoms with Crippen molar-refractivity contribution in [3.63, 3.8) is 0 Å². The van der Waals surface area contributed by atoms with Crippen LogP contribution in [0.2, 0.25) is 0 Å². The summed E-state index contributed by atoms with van der Waals surface area (Å²) in [6.07, 6.45) is 0.996. The molecule has 0 aliphatic carbocycles. The smallest absolute Gasteiger partial charge is 0.250 e. The predicted molar refractivity (Wildman–Crippen MR) is 68.0 cm³/mol. The molecule has 0 aliphatic heterocycles. The molecule has 0 aromatic heterocycles. The highest BCUT2D eigenvalue weighted by Gasteiger charge is 2.13. The molecule has 19 heavy (non-hydrogen) atoms. The van der Waals surface area contributed by atoms with Gasteiger partial charge in [0, 0.05) is 12.8 Å². The van der Waals surface area contributed by atoms with Crippen molar-refractivity contribution < 1.29 is 22.3 Å². The summed E-state index contributed by atoms with van der Waals surface area (Å²) < 4.78 is 41.0. The SMILES string of the molecule is CS(=O)(=O)c1ccc(F)c(NC(=O)COCCN)c1. The summed E-state index contributed by atoms with van der Waals surface area (Å²) in [5.74, 6) is -1.31. The average Bonchev–Trinajstić information content (AvgIpc) is 2.31. The number of hydrogen-bond donors (Lipinski definition) is 2. The molecule has 106 valence electrons. The fraction of sp³-hybridized carbons (Fsp3) is 0.364. The van der Waals surface area contributed by atoms with Crippen molar-refractivity contribution in [1.29, 1.82) is 0 Å². The van der Waals surface area contributed by atoms with Gasteiger partial charge in [-0.2, -0.15) is 0 Å². The number of ether oxygens (including phenoxy) is 1. The van der Waals surface area contributed by atoms with E-state index in [0.29, 0.717) is 0 Å². The molecule has 0 saturated carbocycles. The van der Waals surface area contributed by atoms with Gasteiger partial charge in [-0.15, -0.1) is 0 Å². The Labute approximate surface area is 110 Å². The van der Waals surface area contributed by atoms with Gasteiger partial charge in [-0.1, -0.05) is 0 Å². The third kappa shape index (κ3) is 4.93. The standard InChI is InChI=1S/C11H15FN2O4S/c1-19(16,17)8-2-3-9(12)10(6-8)14-11(15)7-18-5-4-13/h2-3,6H,4-5,7,13H2,1H3,(H,14,15). The second-order valence-corrected chi connectivity index (χ2v) is 5.82. The van der Waals surface area contributed by atoms with E-state index >= 15 is 0 Å². The highest BCUT2D eigenvalue weighted by atomic mass is 32.2. The number of anilines is 1. The van der Waals surface area contributed by atoms with Crippen LogP contribution in [-0.2, 0) is 19.4 Å². The van der Waals surface area contributed by atoms with E-state index in [0.717, 1.165) is 24.5 Å².